The summed E-state index contributed by atoms with van der Waals surface area (Å²) in [5, 5.41) is 0. The first-order valence-electron chi connectivity index (χ1n) is 9.82. The van der Waals surface area contributed by atoms with Gasteiger partial charge in [-0.3, -0.25) is 0 Å². The van der Waals surface area contributed by atoms with Crippen molar-refractivity contribution in [2.24, 2.45) is 10.7 Å². The van der Waals surface area contributed by atoms with Crippen molar-refractivity contribution >= 4 is 12.1 Å². The normalized spacial score (nSPS) is 15.4. The summed E-state index contributed by atoms with van der Waals surface area (Å²) in [6, 6.07) is 4.67. The number of nitrogens with two attached hydrogens (primary N) is 1. The molecule has 1 amide bonds. The number of nitrogens with zero attached hydrogens (tertiary/aromatic N) is 3. The van der Waals surface area contributed by atoms with E-state index in [1.54, 1.807) is 24.0 Å². The Balaban J connectivity index is 1.94. The molecular weight excluding hydrogens is 398 g/mol. The van der Waals surface area contributed by atoms with E-state index in [1.807, 2.05) is 25.7 Å². The van der Waals surface area contributed by atoms with Gasteiger partial charge in [-0.1, -0.05) is 6.07 Å². The van der Waals surface area contributed by atoms with Gasteiger partial charge < -0.3 is 29.7 Å². The summed E-state index contributed by atoms with van der Waals surface area (Å²) in [5.74, 6) is 0.561. The predicted octanol–water partition coefficient (Wildman–Crippen LogP) is 3.05. The number of aliphatic imine (C=N–C) groups is 1. The van der Waals surface area contributed by atoms with E-state index in [1.165, 1.54) is 6.07 Å². The number of amides is 1. The van der Waals surface area contributed by atoms with Crippen LogP contribution >= 0.6 is 0 Å². The number of carbonyl (C=O) groups is 1. The molecule has 0 aliphatic carbocycles. The molecule has 1 aliphatic heterocycles. The van der Waals surface area contributed by atoms with Crippen LogP contribution in [0.5, 0.6) is 11.5 Å². The van der Waals surface area contributed by atoms with Crippen molar-refractivity contribution in [2.75, 3.05) is 32.8 Å². The molecule has 0 radical (unpaired) electrons. The van der Waals surface area contributed by atoms with Gasteiger partial charge in [-0.15, -0.1) is 0 Å². The van der Waals surface area contributed by atoms with Crippen molar-refractivity contribution in [2.45, 2.75) is 46.5 Å². The second kappa shape index (κ2) is 10.3. The summed E-state index contributed by atoms with van der Waals surface area (Å²) in [6.45, 7) is 6.94. The molecule has 1 heterocycles. The molecule has 0 unspecified atom stereocenters. The van der Waals surface area contributed by atoms with E-state index in [-0.39, 0.29) is 24.1 Å². The second-order valence-electron chi connectivity index (χ2n) is 7.72. The Labute approximate surface area is 175 Å². The van der Waals surface area contributed by atoms with Gasteiger partial charge in [-0.2, -0.15) is 8.78 Å². The molecule has 168 valence electrons. The molecule has 0 saturated carbocycles. The lowest BCUT2D eigenvalue weighted by atomic mass is 10.2. The maximum Gasteiger partial charge on any atom is 0.410 e. The van der Waals surface area contributed by atoms with Crippen LogP contribution in [0.2, 0.25) is 0 Å². The number of hydrogen-bond donors (Lipinski definition) is 1. The van der Waals surface area contributed by atoms with Crippen molar-refractivity contribution < 1.29 is 27.8 Å². The lowest BCUT2D eigenvalue weighted by Gasteiger charge is -2.36. The van der Waals surface area contributed by atoms with E-state index >= 15 is 0 Å². The highest BCUT2D eigenvalue weighted by atomic mass is 19.3. The van der Waals surface area contributed by atoms with Crippen molar-refractivity contribution in [1.82, 2.24) is 9.80 Å². The number of rotatable bonds is 6. The van der Waals surface area contributed by atoms with Crippen molar-refractivity contribution in [3.8, 4) is 11.5 Å². The minimum absolute atomic E-state index is 0.0224. The zero-order chi connectivity index (χ0) is 22.3. The number of ether oxygens (including phenoxy) is 3. The fourth-order valence-electron chi connectivity index (χ4n) is 2.83. The Morgan fingerprint density at radius 2 is 1.80 bits per heavy atom. The molecule has 0 spiro atoms. The van der Waals surface area contributed by atoms with Crippen LogP contribution < -0.4 is 15.2 Å². The third-order valence-corrected chi connectivity index (χ3v) is 4.20. The summed E-state index contributed by atoms with van der Waals surface area (Å²) in [6.07, 6.45) is -0.341. The fraction of sp³-hybridized carbons (Fsp3) is 0.600. The summed E-state index contributed by atoms with van der Waals surface area (Å²) in [7, 11) is 0. The van der Waals surface area contributed by atoms with Crippen LogP contribution in [0.25, 0.3) is 0 Å². The molecule has 1 fully saturated rings. The second-order valence-corrected chi connectivity index (χ2v) is 7.72. The van der Waals surface area contributed by atoms with Crippen LogP contribution in [-0.2, 0) is 11.3 Å². The molecule has 1 aromatic rings. The number of alkyl halides is 2. The summed E-state index contributed by atoms with van der Waals surface area (Å²) >= 11 is 0. The van der Waals surface area contributed by atoms with Crippen LogP contribution in [0.1, 0.15) is 33.3 Å². The Hall–Kier alpha value is -2.78. The van der Waals surface area contributed by atoms with Crippen molar-refractivity contribution in [3.05, 3.63) is 23.8 Å². The van der Waals surface area contributed by atoms with Gasteiger partial charge in [0.2, 0.25) is 0 Å². The average molecular weight is 428 g/mol. The largest absolute Gasteiger partial charge is 0.490 e. The Bertz CT molecular complexity index is 745. The van der Waals surface area contributed by atoms with Gasteiger partial charge in [0, 0.05) is 26.2 Å². The van der Waals surface area contributed by atoms with Crippen LogP contribution in [0, 0.1) is 0 Å². The third-order valence-electron chi connectivity index (χ3n) is 4.20. The highest BCUT2D eigenvalue weighted by Gasteiger charge is 2.26. The van der Waals surface area contributed by atoms with E-state index < -0.39 is 12.2 Å². The molecule has 0 atom stereocenters. The third kappa shape index (κ3) is 7.23. The molecule has 30 heavy (non-hydrogen) atoms. The van der Waals surface area contributed by atoms with Gasteiger partial charge >= 0.3 is 12.7 Å². The lowest BCUT2D eigenvalue weighted by molar-refractivity contribution is -0.0514. The number of halogens is 2. The maximum atomic E-state index is 12.5. The van der Waals surface area contributed by atoms with Crippen LogP contribution in [0.4, 0.5) is 13.6 Å². The fourth-order valence-corrected chi connectivity index (χ4v) is 2.83. The topological polar surface area (TPSA) is 89.6 Å². The summed E-state index contributed by atoms with van der Waals surface area (Å²) in [4.78, 5) is 20.0. The molecule has 0 bridgehead atoms. The Morgan fingerprint density at radius 1 is 1.17 bits per heavy atom. The first-order valence-corrected chi connectivity index (χ1v) is 9.82. The maximum absolute atomic E-state index is 12.5. The Kier molecular flexibility index (Phi) is 8.08. The van der Waals surface area contributed by atoms with Crippen LogP contribution in [0.15, 0.2) is 23.2 Å². The highest BCUT2D eigenvalue weighted by molar-refractivity contribution is 5.78. The quantitative estimate of drug-likeness (QED) is 0.553. The zero-order valence-electron chi connectivity index (χ0n) is 17.9. The minimum Gasteiger partial charge on any atom is -0.490 e. The number of benzene rings is 1. The molecule has 1 aromatic carbocycles. The monoisotopic (exact) mass is 428 g/mol. The summed E-state index contributed by atoms with van der Waals surface area (Å²) < 4.78 is 40.2. The predicted molar refractivity (Wildman–Crippen MR) is 109 cm³/mol. The standard InChI is InChI=1S/C20H30F2N4O4/c1-5-28-16-12-14(6-7-15(16)29-17(21)22)13-24-18(23)25-8-10-26(11-9-25)19(27)30-20(2,3)4/h6-7,12,17H,5,8-11,13H2,1-4H3,(H2,23,24). The molecular formula is C20H30F2N4O4. The van der Waals surface area contributed by atoms with Gasteiger partial charge in [-0.25, -0.2) is 9.79 Å². The molecule has 8 nitrogen and oxygen atoms in total. The Morgan fingerprint density at radius 3 is 2.37 bits per heavy atom. The van der Waals surface area contributed by atoms with Crippen LogP contribution in [0.3, 0.4) is 0 Å². The van der Waals surface area contributed by atoms with Gasteiger partial charge in [0.1, 0.15) is 5.60 Å². The van der Waals surface area contributed by atoms with Crippen molar-refractivity contribution in [1.29, 1.82) is 0 Å². The van der Waals surface area contributed by atoms with E-state index in [9.17, 15) is 13.6 Å². The number of carbonyl (C=O) groups excluding carboxylic acids is 1. The molecule has 2 N–H and O–H groups in total. The number of guanidine groups is 1. The molecule has 1 saturated heterocycles. The number of hydrogen-bond acceptors (Lipinski definition) is 5. The average Bonchev–Trinajstić information content (AvgIpc) is 2.66. The first kappa shape index (κ1) is 23.5. The van der Waals surface area contributed by atoms with Gasteiger partial charge in [0.05, 0.1) is 13.2 Å². The first-order chi connectivity index (χ1) is 14.1. The molecule has 0 aromatic heterocycles. The highest BCUT2D eigenvalue weighted by Crippen LogP contribution is 2.30. The van der Waals surface area contributed by atoms with Crippen LogP contribution in [-0.4, -0.2) is 66.9 Å². The zero-order valence-corrected chi connectivity index (χ0v) is 17.9. The van der Waals surface area contributed by atoms with Gasteiger partial charge in [-0.05, 0) is 45.4 Å². The van der Waals surface area contributed by atoms with Gasteiger partial charge in [0.25, 0.3) is 0 Å². The molecule has 2 rings (SSSR count). The minimum atomic E-state index is -2.93. The van der Waals surface area contributed by atoms with Crippen molar-refractivity contribution in [3.63, 3.8) is 0 Å². The van der Waals surface area contributed by atoms with Gasteiger partial charge in [0.15, 0.2) is 17.5 Å². The van der Waals surface area contributed by atoms with E-state index in [0.717, 1.165) is 5.56 Å². The summed E-state index contributed by atoms with van der Waals surface area (Å²) in [5.41, 5.74) is 6.31. The molecule has 10 heteroatoms. The number of piperazine rings is 1. The van der Waals surface area contributed by atoms with E-state index in [4.69, 9.17) is 15.2 Å². The SMILES string of the molecule is CCOc1cc(CN=C(N)N2CCN(C(=O)OC(C)(C)C)CC2)ccc1OC(F)F. The smallest absolute Gasteiger partial charge is 0.410 e. The van der Waals surface area contributed by atoms with E-state index in [2.05, 4.69) is 9.73 Å². The molecule has 1 aliphatic rings. The lowest BCUT2D eigenvalue weighted by Crippen LogP contribution is -2.53. The van der Waals surface area contributed by atoms with E-state index in [0.29, 0.717) is 38.7 Å².